The molecule has 1 amide bonds. The predicted molar refractivity (Wildman–Crippen MR) is 82.4 cm³/mol. The van der Waals surface area contributed by atoms with Gasteiger partial charge < -0.3 is 10.4 Å². The van der Waals surface area contributed by atoms with Gasteiger partial charge in [-0.2, -0.15) is 4.72 Å². The zero-order valence-corrected chi connectivity index (χ0v) is 13.7. The number of nitrogens with one attached hydrogen (secondary N) is 2. The van der Waals surface area contributed by atoms with E-state index in [1.54, 1.807) is 6.92 Å². The molecule has 7 nitrogen and oxygen atoms in total. The molecule has 0 radical (unpaired) electrons. The van der Waals surface area contributed by atoms with Gasteiger partial charge in [-0.3, -0.25) is 9.59 Å². The average Bonchev–Trinajstić information content (AvgIpc) is 2.39. The van der Waals surface area contributed by atoms with E-state index in [0.29, 0.717) is 6.42 Å². The van der Waals surface area contributed by atoms with Gasteiger partial charge in [-0.15, -0.1) is 0 Å². The van der Waals surface area contributed by atoms with Gasteiger partial charge in [-0.05, 0) is 24.6 Å². The number of carboxylic acids is 1. The first-order valence-electron chi connectivity index (χ1n) is 6.49. The molecular formula is C13H17ClN2O5S. The van der Waals surface area contributed by atoms with Gasteiger partial charge in [-0.1, -0.05) is 24.9 Å². The molecule has 0 aliphatic heterocycles. The molecule has 0 saturated carbocycles. The highest BCUT2D eigenvalue weighted by atomic mass is 35.5. The first kappa shape index (κ1) is 18.4. The van der Waals surface area contributed by atoms with E-state index in [2.05, 4.69) is 10.0 Å². The molecule has 0 aliphatic rings. The highest BCUT2D eigenvalue weighted by Gasteiger charge is 2.25. The molecule has 0 aromatic heterocycles. The molecule has 1 atom stereocenters. The molecule has 0 fully saturated rings. The van der Waals surface area contributed by atoms with Crippen molar-refractivity contribution < 1.29 is 23.1 Å². The molecule has 1 rings (SSSR count). The van der Waals surface area contributed by atoms with Crippen LogP contribution in [0.25, 0.3) is 0 Å². The highest BCUT2D eigenvalue weighted by Crippen LogP contribution is 2.25. The van der Waals surface area contributed by atoms with Gasteiger partial charge in [0.2, 0.25) is 15.9 Å². The predicted octanol–water partition coefficient (Wildman–Crippen LogP) is 1.83. The lowest BCUT2D eigenvalue weighted by atomic mass is 10.2. The third-order valence-electron chi connectivity index (χ3n) is 2.73. The summed E-state index contributed by atoms with van der Waals surface area (Å²) in [6, 6.07) is 2.53. The average molecular weight is 349 g/mol. The van der Waals surface area contributed by atoms with E-state index in [0.717, 1.165) is 6.07 Å². The monoisotopic (exact) mass is 348 g/mol. The Kier molecular flexibility index (Phi) is 6.34. The van der Waals surface area contributed by atoms with Gasteiger partial charge in [0, 0.05) is 6.92 Å². The van der Waals surface area contributed by atoms with Crippen LogP contribution in [0, 0.1) is 0 Å². The van der Waals surface area contributed by atoms with E-state index >= 15 is 0 Å². The van der Waals surface area contributed by atoms with Crippen LogP contribution in [0.2, 0.25) is 5.02 Å². The van der Waals surface area contributed by atoms with E-state index < -0.39 is 22.0 Å². The van der Waals surface area contributed by atoms with Crippen LogP contribution in [0.3, 0.4) is 0 Å². The third-order valence-corrected chi connectivity index (χ3v) is 4.52. The molecule has 122 valence electrons. The largest absolute Gasteiger partial charge is 0.480 e. The summed E-state index contributed by atoms with van der Waals surface area (Å²) in [5.74, 6) is -1.59. The Morgan fingerprint density at radius 2 is 2.00 bits per heavy atom. The fourth-order valence-electron chi connectivity index (χ4n) is 1.73. The lowest BCUT2D eigenvalue weighted by molar-refractivity contribution is -0.139. The lowest BCUT2D eigenvalue weighted by Gasteiger charge is -2.14. The number of sulfonamides is 1. The number of aliphatic carboxylic acids is 1. The van der Waals surface area contributed by atoms with Crippen molar-refractivity contribution in [3.05, 3.63) is 23.2 Å². The summed E-state index contributed by atoms with van der Waals surface area (Å²) in [4.78, 5) is 21.8. The number of anilines is 1. The summed E-state index contributed by atoms with van der Waals surface area (Å²) in [6.07, 6.45) is 0.688. The third kappa shape index (κ3) is 4.97. The Labute approximate surface area is 133 Å². The van der Waals surface area contributed by atoms with Gasteiger partial charge in [0.15, 0.2) is 0 Å². The molecule has 0 heterocycles. The number of carbonyl (C=O) groups is 2. The topological polar surface area (TPSA) is 113 Å². The van der Waals surface area contributed by atoms with Gasteiger partial charge in [-0.25, -0.2) is 8.42 Å². The Morgan fingerprint density at radius 1 is 1.36 bits per heavy atom. The van der Waals surface area contributed by atoms with E-state index in [1.807, 2.05) is 0 Å². The molecule has 0 spiro atoms. The van der Waals surface area contributed by atoms with Crippen molar-refractivity contribution in [2.24, 2.45) is 0 Å². The summed E-state index contributed by atoms with van der Waals surface area (Å²) < 4.78 is 26.5. The van der Waals surface area contributed by atoms with Crippen molar-refractivity contribution >= 4 is 39.2 Å². The Morgan fingerprint density at radius 3 is 2.45 bits per heavy atom. The van der Waals surface area contributed by atoms with Gasteiger partial charge in [0.25, 0.3) is 0 Å². The summed E-state index contributed by atoms with van der Waals surface area (Å²) in [6.45, 7) is 3.05. The summed E-state index contributed by atoms with van der Waals surface area (Å²) >= 11 is 5.92. The Balaban J connectivity index is 3.05. The summed E-state index contributed by atoms with van der Waals surface area (Å²) in [5.41, 5.74) is 0.274. The standard InChI is InChI=1S/C13H17ClN2O5S/c1-3-4-12(13(18)19)16-22(20,21)9-5-6-11(10(14)7-9)15-8(2)17/h5-7,12,16H,3-4H2,1-2H3,(H,15,17)(H,18,19). The maximum atomic E-state index is 12.2. The van der Waals surface area contributed by atoms with E-state index in [-0.39, 0.29) is 27.9 Å². The quantitative estimate of drug-likeness (QED) is 0.695. The minimum atomic E-state index is -4.02. The molecule has 1 aromatic carbocycles. The highest BCUT2D eigenvalue weighted by molar-refractivity contribution is 7.89. The smallest absolute Gasteiger partial charge is 0.321 e. The van der Waals surface area contributed by atoms with Crippen LogP contribution in [0.15, 0.2) is 23.1 Å². The molecule has 0 aliphatic carbocycles. The van der Waals surface area contributed by atoms with Gasteiger partial charge in [0.05, 0.1) is 15.6 Å². The molecule has 1 aromatic rings. The van der Waals surface area contributed by atoms with Crippen molar-refractivity contribution in [3.63, 3.8) is 0 Å². The SMILES string of the molecule is CCCC(NS(=O)(=O)c1ccc(NC(C)=O)c(Cl)c1)C(=O)O. The molecule has 9 heteroatoms. The lowest BCUT2D eigenvalue weighted by Crippen LogP contribution is -2.40. The van der Waals surface area contributed by atoms with Crippen LogP contribution in [-0.2, 0) is 19.6 Å². The number of carboxylic acid groups (broad SMARTS) is 1. The molecule has 22 heavy (non-hydrogen) atoms. The number of hydrogen-bond acceptors (Lipinski definition) is 4. The minimum Gasteiger partial charge on any atom is -0.480 e. The van der Waals surface area contributed by atoms with Crippen molar-refractivity contribution in [1.29, 1.82) is 0 Å². The van der Waals surface area contributed by atoms with E-state index in [9.17, 15) is 18.0 Å². The molecule has 0 bridgehead atoms. The Hall–Kier alpha value is -1.64. The second-order valence-electron chi connectivity index (χ2n) is 4.62. The van der Waals surface area contributed by atoms with Crippen LogP contribution in [0.4, 0.5) is 5.69 Å². The van der Waals surface area contributed by atoms with Crippen LogP contribution < -0.4 is 10.0 Å². The van der Waals surface area contributed by atoms with Crippen molar-refractivity contribution in [1.82, 2.24) is 4.72 Å². The fraction of sp³-hybridized carbons (Fsp3) is 0.385. The zero-order chi connectivity index (χ0) is 16.9. The van der Waals surface area contributed by atoms with Crippen LogP contribution >= 0.6 is 11.6 Å². The fourth-order valence-corrected chi connectivity index (χ4v) is 3.27. The number of amides is 1. The molecule has 1 unspecified atom stereocenters. The normalized spacial score (nSPS) is 12.7. The molecular weight excluding hydrogens is 332 g/mol. The number of halogens is 1. The van der Waals surface area contributed by atoms with E-state index in [1.165, 1.54) is 19.1 Å². The number of carbonyl (C=O) groups excluding carboxylic acids is 1. The maximum Gasteiger partial charge on any atom is 0.321 e. The zero-order valence-electron chi connectivity index (χ0n) is 12.1. The van der Waals surface area contributed by atoms with Crippen molar-refractivity contribution in [2.75, 3.05) is 5.32 Å². The van der Waals surface area contributed by atoms with E-state index in [4.69, 9.17) is 16.7 Å². The van der Waals surface area contributed by atoms with Crippen LogP contribution in [0.1, 0.15) is 26.7 Å². The summed E-state index contributed by atoms with van der Waals surface area (Å²) in [7, 11) is -4.02. The molecule has 0 saturated heterocycles. The number of benzene rings is 1. The van der Waals surface area contributed by atoms with Crippen molar-refractivity contribution in [3.8, 4) is 0 Å². The first-order valence-corrected chi connectivity index (χ1v) is 8.35. The van der Waals surface area contributed by atoms with Gasteiger partial charge >= 0.3 is 5.97 Å². The Bertz CT molecular complexity index is 675. The first-order chi connectivity index (χ1) is 10.2. The summed E-state index contributed by atoms with van der Waals surface area (Å²) in [5, 5.41) is 11.5. The minimum absolute atomic E-state index is 0.0421. The van der Waals surface area contributed by atoms with Crippen molar-refractivity contribution in [2.45, 2.75) is 37.6 Å². The second-order valence-corrected chi connectivity index (χ2v) is 6.74. The van der Waals surface area contributed by atoms with Crippen LogP contribution in [0.5, 0.6) is 0 Å². The number of hydrogen-bond donors (Lipinski definition) is 3. The maximum absolute atomic E-state index is 12.2. The number of rotatable bonds is 7. The van der Waals surface area contributed by atoms with Crippen LogP contribution in [-0.4, -0.2) is 31.4 Å². The van der Waals surface area contributed by atoms with Gasteiger partial charge in [0.1, 0.15) is 6.04 Å². The second kappa shape index (κ2) is 7.57. The molecule has 3 N–H and O–H groups in total.